The summed E-state index contributed by atoms with van der Waals surface area (Å²) in [5, 5.41) is 7.82. The predicted octanol–water partition coefficient (Wildman–Crippen LogP) is 4.11. The van der Waals surface area contributed by atoms with Crippen molar-refractivity contribution in [1.82, 2.24) is 4.98 Å². The van der Waals surface area contributed by atoms with Crippen molar-refractivity contribution in [2.45, 2.75) is 20.0 Å². The van der Waals surface area contributed by atoms with E-state index in [0.717, 1.165) is 5.56 Å². The Morgan fingerprint density at radius 1 is 1.11 bits per heavy atom. The van der Waals surface area contributed by atoms with Crippen molar-refractivity contribution in [2.24, 2.45) is 0 Å². The van der Waals surface area contributed by atoms with Crippen LogP contribution in [-0.2, 0) is 4.79 Å². The number of aromatic nitrogens is 1. The lowest BCUT2D eigenvalue weighted by atomic mass is 10.2. The van der Waals surface area contributed by atoms with Crippen molar-refractivity contribution < 1.29 is 14.3 Å². The second kappa shape index (κ2) is 8.46. The summed E-state index contributed by atoms with van der Waals surface area (Å²) in [5.74, 6) is 0.127. The first-order valence-corrected chi connectivity index (χ1v) is 9.24. The molecule has 0 saturated heterocycles. The van der Waals surface area contributed by atoms with Crippen molar-refractivity contribution >= 4 is 34.0 Å². The minimum Gasteiger partial charge on any atom is -0.481 e. The predicted molar refractivity (Wildman–Crippen MR) is 106 cm³/mol. The molecule has 27 heavy (non-hydrogen) atoms. The number of hydrogen-bond acceptors (Lipinski definition) is 5. The van der Waals surface area contributed by atoms with Crippen molar-refractivity contribution in [3.63, 3.8) is 0 Å². The van der Waals surface area contributed by atoms with E-state index in [1.54, 1.807) is 42.8 Å². The van der Waals surface area contributed by atoms with Gasteiger partial charge in [-0.15, -0.1) is 11.3 Å². The number of thiazole rings is 1. The van der Waals surface area contributed by atoms with Crippen LogP contribution in [0.4, 0.5) is 10.8 Å². The Kier molecular flexibility index (Phi) is 5.83. The molecule has 0 spiro atoms. The topological polar surface area (TPSA) is 80.3 Å². The average molecular weight is 381 g/mol. The smallest absolute Gasteiger partial charge is 0.265 e. The second-order valence-corrected chi connectivity index (χ2v) is 6.83. The maximum Gasteiger partial charge on any atom is 0.265 e. The molecule has 0 bridgehead atoms. The molecule has 1 atom stereocenters. The molecule has 0 fully saturated rings. The zero-order valence-corrected chi connectivity index (χ0v) is 15.7. The average Bonchev–Trinajstić information content (AvgIpc) is 3.15. The van der Waals surface area contributed by atoms with E-state index in [0.29, 0.717) is 22.1 Å². The number of amides is 2. The van der Waals surface area contributed by atoms with E-state index in [4.69, 9.17) is 4.74 Å². The van der Waals surface area contributed by atoms with Crippen LogP contribution in [-0.4, -0.2) is 22.9 Å². The molecule has 0 aliphatic carbocycles. The van der Waals surface area contributed by atoms with Gasteiger partial charge in [0.2, 0.25) is 0 Å². The van der Waals surface area contributed by atoms with Gasteiger partial charge < -0.3 is 10.1 Å². The number of nitrogens with zero attached hydrogens (tertiary/aromatic N) is 1. The fourth-order valence-corrected chi connectivity index (χ4v) is 2.87. The van der Waals surface area contributed by atoms with Crippen LogP contribution in [0.25, 0.3) is 0 Å². The zero-order valence-electron chi connectivity index (χ0n) is 14.9. The van der Waals surface area contributed by atoms with E-state index in [9.17, 15) is 9.59 Å². The Bertz CT molecular complexity index is 924. The van der Waals surface area contributed by atoms with Gasteiger partial charge in [-0.25, -0.2) is 4.98 Å². The largest absolute Gasteiger partial charge is 0.481 e. The van der Waals surface area contributed by atoms with Crippen LogP contribution in [0.15, 0.2) is 60.1 Å². The number of rotatable bonds is 6. The molecule has 0 saturated carbocycles. The van der Waals surface area contributed by atoms with Gasteiger partial charge in [0.1, 0.15) is 5.75 Å². The molecule has 6 nitrogen and oxygen atoms in total. The van der Waals surface area contributed by atoms with Gasteiger partial charge in [-0.1, -0.05) is 12.1 Å². The Morgan fingerprint density at radius 3 is 2.56 bits per heavy atom. The summed E-state index contributed by atoms with van der Waals surface area (Å²) in [6, 6.07) is 14.2. The molecule has 0 radical (unpaired) electrons. The van der Waals surface area contributed by atoms with Gasteiger partial charge in [-0.3, -0.25) is 14.9 Å². The minimum absolute atomic E-state index is 0.251. The lowest BCUT2D eigenvalue weighted by Gasteiger charge is -2.15. The fourth-order valence-electron chi connectivity index (χ4n) is 2.35. The van der Waals surface area contributed by atoms with E-state index in [1.165, 1.54) is 11.3 Å². The van der Waals surface area contributed by atoms with Crippen molar-refractivity contribution in [3.8, 4) is 5.75 Å². The Labute approximate surface area is 161 Å². The highest BCUT2D eigenvalue weighted by molar-refractivity contribution is 7.13. The number of carbonyl (C=O) groups excluding carboxylic acids is 2. The van der Waals surface area contributed by atoms with Crippen LogP contribution in [0.5, 0.6) is 5.75 Å². The molecular weight excluding hydrogens is 362 g/mol. The lowest BCUT2D eigenvalue weighted by molar-refractivity contribution is -0.122. The Balaban J connectivity index is 1.57. The first-order valence-electron chi connectivity index (χ1n) is 8.36. The lowest BCUT2D eigenvalue weighted by Crippen LogP contribution is -2.30. The van der Waals surface area contributed by atoms with Crippen molar-refractivity contribution in [1.29, 1.82) is 0 Å². The van der Waals surface area contributed by atoms with Crippen LogP contribution >= 0.6 is 11.3 Å². The first-order chi connectivity index (χ1) is 13.0. The monoisotopic (exact) mass is 381 g/mol. The summed E-state index contributed by atoms with van der Waals surface area (Å²) in [6.07, 6.45) is 0.971. The van der Waals surface area contributed by atoms with Crippen molar-refractivity contribution in [2.75, 3.05) is 10.6 Å². The maximum absolute atomic E-state index is 12.3. The molecule has 1 heterocycles. The molecule has 3 rings (SSSR count). The molecule has 0 aliphatic rings. The van der Waals surface area contributed by atoms with Gasteiger partial charge >= 0.3 is 0 Å². The van der Waals surface area contributed by atoms with Crippen LogP contribution in [0, 0.1) is 6.92 Å². The maximum atomic E-state index is 12.3. The van der Waals surface area contributed by atoms with E-state index in [2.05, 4.69) is 15.6 Å². The van der Waals surface area contributed by atoms with E-state index >= 15 is 0 Å². The van der Waals surface area contributed by atoms with Gasteiger partial charge in [0.05, 0.1) is 0 Å². The van der Waals surface area contributed by atoms with E-state index < -0.39 is 6.10 Å². The summed E-state index contributed by atoms with van der Waals surface area (Å²) in [6.45, 7) is 3.65. The van der Waals surface area contributed by atoms with Crippen LogP contribution in [0.1, 0.15) is 22.8 Å². The molecule has 1 unspecified atom stereocenters. The molecule has 2 amide bonds. The quantitative estimate of drug-likeness (QED) is 0.673. The van der Waals surface area contributed by atoms with Crippen LogP contribution in [0.2, 0.25) is 0 Å². The minimum atomic E-state index is -0.653. The van der Waals surface area contributed by atoms with Gasteiger partial charge in [0.25, 0.3) is 11.8 Å². The molecule has 138 valence electrons. The Morgan fingerprint density at radius 2 is 1.89 bits per heavy atom. The highest BCUT2D eigenvalue weighted by Gasteiger charge is 2.15. The first kappa shape index (κ1) is 18.6. The van der Waals surface area contributed by atoms with E-state index in [-0.39, 0.29) is 11.8 Å². The number of nitrogens with one attached hydrogen (secondary N) is 2. The second-order valence-electron chi connectivity index (χ2n) is 5.93. The van der Waals surface area contributed by atoms with Crippen molar-refractivity contribution in [3.05, 3.63) is 71.2 Å². The summed E-state index contributed by atoms with van der Waals surface area (Å²) >= 11 is 1.35. The standard InChI is InChI=1S/C20H19N3O3S/c1-13-4-3-5-17(12-13)26-14(2)18(24)22-16-8-6-15(7-9-16)19(25)23-20-21-10-11-27-20/h3-12,14H,1-2H3,(H,22,24)(H,21,23,25). The number of hydrogen-bond donors (Lipinski definition) is 2. The van der Waals surface area contributed by atoms with Gasteiger partial charge in [-0.2, -0.15) is 0 Å². The number of benzene rings is 2. The molecule has 3 aromatic rings. The van der Waals surface area contributed by atoms with Gasteiger partial charge in [-0.05, 0) is 55.8 Å². The molecule has 7 heteroatoms. The summed E-state index contributed by atoms with van der Waals surface area (Å²) in [5.41, 5.74) is 2.13. The summed E-state index contributed by atoms with van der Waals surface area (Å²) < 4.78 is 5.67. The highest BCUT2D eigenvalue weighted by atomic mass is 32.1. The third-order valence-electron chi connectivity index (χ3n) is 3.74. The third kappa shape index (κ3) is 5.15. The Hall–Kier alpha value is -3.19. The number of carbonyl (C=O) groups is 2. The molecule has 2 N–H and O–H groups in total. The SMILES string of the molecule is Cc1cccc(OC(C)C(=O)Nc2ccc(C(=O)Nc3nccs3)cc2)c1. The molecule has 1 aromatic heterocycles. The highest BCUT2D eigenvalue weighted by Crippen LogP contribution is 2.17. The van der Waals surface area contributed by atoms with Gasteiger partial charge in [0.15, 0.2) is 11.2 Å². The van der Waals surface area contributed by atoms with Gasteiger partial charge in [0, 0.05) is 22.8 Å². The number of anilines is 2. The van der Waals surface area contributed by atoms with Crippen LogP contribution < -0.4 is 15.4 Å². The zero-order chi connectivity index (χ0) is 19.2. The normalized spacial score (nSPS) is 11.5. The third-order valence-corrected chi connectivity index (χ3v) is 4.43. The van der Waals surface area contributed by atoms with E-state index in [1.807, 2.05) is 31.2 Å². The fraction of sp³-hybridized carbons (Fsp3) is 0.150. The number of ether oxygens (including phenoxy) is 1. The summed E-state index contributed by atoms with van der Waals surface area (Å²) in [7, 11) is 0. The molecule has 0 aliphatic heterocycles. The number of aryl methyl sites for hydroxylation is 1. The summed E-state index contributed by atoms with van der Waals surface area (Å²) in [4.78, 5) is 28.5. The van der Waals surface area contributed by atoms with Crippen LogP contribution in [0.3, 0.4) is 0 Å². The molecule has 2 aromatic carbocycles. The molecular formula is C20H19N3O3S.